The normalized spacial score (nSPS) is 15.6. The van der Waals surface area contributed by atoms with Crippen molar-refractivity contribution in [1.82, 2.24) is 5.32 Å². The van der Waals surface area contributed by atoms with Crippen LogP contribution in [0.1, 0.15) is 11.1 Å². The molecule has 9 rings (SSSR count). The predicted octanol–water partition coefficient (Wildman–Crippen LogP) is 9.65. The molecular weight excluding hydrogens is 532 g/mol. The van der Waals surface area contributed by atoms with Crippen LogP contribution in [-0.4, -0.2) is 11.9 Å². The number of hydrogen-bond donors (Lipinski definition) is 1. The Hall–Kier alpha value is -5.19. The van der Waals surface area contributed by atoms with Gasteiger partial charge in [-0.1, -0.05) is 97.1 Å². The Bertz CT molecular complexity index is 2280. The number of ether oxygens (including phenoxy) is 1. The molecule has 2 aliphatic rings. The molecule has 0 radical (unpaired) electrons. The van der Waals surface area contributed by atoms with Crippen LogP contribution in [0.3, 0.4) is 0 Å². The second kappa shape index (κ2) is 9.16. The molecule has 1 aromatic heterocycles. The minimum Gasteiger partial charge on any atom is -0.464 e. The number of hydrogen-bond acceptors (Lipinski definition) is 4. The van der Waals surface area contributed by atoms with Gasteiger partial charge in [0.15, 0.2) is 0 Å². The fourth-order valence-corrected chi connectivity index (χ4v) is 7.47. The van der Waals surface area contributed by atoms with E-state index in [0.717, 1.165) is 33.8 Å². The van der Waals surface area contributed by atoms with Gasteiger partial charge in [0.1, 0.15) is 11.5 Å². The number of rotatable bonds is 3. The van der Waals surface area contributed by atoms with E-state index in [1.807, 2.05) is 17.5 Å². The Morgan fingerprint density at radius 3 is 2.17 bits per heavy atom. The van der Waals surface area contributed by atoms with Crippen LogP contribution in [0.25, 0.3) is 58.9 Å². The number of benzene rings is 6. The summed E-state index contributed by atoms with van der Waals surface area (Å²) in [6, 6.07) is 45.5. The lowest BCUT2D eigenvalue weighted by atomic mass is 9.96. The fraction of sp³-hybridized carbons (Fsp3) is 0.0263. The van der Waals surface area contributed by atoms with Gasteiger partial charge in [0.2, 0.25) is 6.23 Å². The fourth-order valence-electron chi connectivity index (χ4n) is 6.24. The zero-order valence-electron chi connectivity index (χ0n) is 22.5. The standard InChI is InChI=1S/C38H24N2OS/c1-2-9-26-21-34-32(20-25(26)8-1)36-38(41-34)39-22-33(40-36)28-13-6-11-24(19-28)23-10-5-12-27(18-23)29-15-7-16-31-30-14-3-4-17-35(30)42-37(29)31/h1-22,38-39H. The lowest BCUT2D eigenvalue weighted by Crippen LogP contribution is -2.36. The van der Waals surface area contributed by atoms with Gasteiger partial charge in [0.25, 0.3) is 0 Å². The number of aliphatic imine (C=N–C) groups is 1. The summed E-state index contributed by atoms with van der Waals surface area (Å²) in [5.74, 6) is 0.874. The molecule has 3 heterocycles. The van der Waals surface area contributed by atoms with Crippen molar-refractivity contribution in [2.45, 2.75) is 6.23 Å². The third kappa shape index (κ3) is 3.69. The lowest BCUT2D eigenvalue weighted by Gasteiger charge is -2.18. The highest BCUT2D eigenvalue weighted by molar-refractivity contribution is 7.26. The summed E-state index contributed by atoms with van der Waals surface area (Å²) in [7, 11) is 0. The van der Waals surface area contributed by atoms with Crippen LogP contribution in [-0.2, 0) is 0 Å². The molecule has 0 bridgehead atoms. The predicted molar refractivity (Wildman–Crippen MR) is 176 cm³/mol. The minimum absolute atomic E-state index is 0.267. The molecule has 0 saturated carbocycles. The highest BCUT2D eigenvalue weighted by Crippen LogP contribution is 2.41. The number of fused-ring (bicyclic) bond motifs is 7. The first kappa shape index (κ1) is 23.5. The Kier molecular flexibility index (Phi) is 5.13. The van der Waals surface area contributed by atoms with Crippen LogP contribution in [0.2, 0.25) is 0 Å². The molecule has 1 N–H and O–H groups in total. The smallest absolute Gasteiger partial charge is 0.213 e. The van der Waals surface area contributed by atoms with Crippen molar-refractivity contribution in [3.63, 3.8) is 0 Å². The van der Waals surface area contributed by atoms with Crippen molar-refractivity contribution in [3.8, 4) is 28.0 Å². The number of thiophene rings is 1. The van der Waals surface area contributed by atoms with Crippen molar-refractivity contribution >= 4 is 53.7 Å². The maximum atomic E-state index is 6.22. The Balaban J connectivity index is 1.09. The van der Waals surface area contributed by atoms with E-state index in [0.29, 0.717) is 0 Å². The average molecular weight is 557 g/mol. The minimum atomic E-state index is -0.267. The first-order valence-corrected chi connectivity index (χ1v) is 15.0. The molecular formula is C38H24N2OS. The van der Waals surface area contributed by atoms with Gasteiger partial charge in [-0.25, -0.2) is 4.99 Å². The molecule has 1 unspecified atom stereocenters. The van der Waals surface area contributed by atoms with Crippen LogP contribution in [0.15, 0.2) is 139 Å². The molecule has 0 aliphatic carbocycles. The maximum Gasteiger partial charge on any atom is 0.213 e. The summed E-state index contributed by atoms with van der Waals surface area (Å²) in [5.41, 5.74) is 8.79. The molecule has 7 aromatic rings. The second-order valence-corrected chi connectivity index (χ2v) is 11.9. The summed E-state index contributed by atoms with van der Waals surface area (Å²) in [6.07, 6.45) is 1.70. The van der Waals surface area contributed by atoms with E-state index >= 15 is 0 Å². The summed E-state index contributed by atoms with van der Waals surface area (Å²) in [4.78, 5) is 5.11. The molecule has 1 atom stereocenters. The van der Waals surface area contributed by atoms with Crippen molar-refractivity contribution < 1.29 is 4.74 Å². The van der Waals surface area contributed by atoms with Gasteiger partial charge in [0.05, 0.1) is 5.70 Å². The Morgan fingerprint density at radius 1 is 0.595 bits per heavy atom. The van der Waals surface area contributed by atoms with E-state index in [1.54, 1.807) is 0 Å². The molecule has 4 heteroatoms. The molecule has 42 heavy (non-hydrogen) atoms. The van der Waals surface area contributed by atoms with Gasteiger partial charge in [-0.3, -0.25) is 0 Å². The Morgan fingerprint density at radius 2 is 1.29 bits per heavy atom. The molecule has 0 spiro atoms. The van der Waals surface area contributed by atoms with Gasteiger partial charge >= 0.3 is 0 Å². The summed E-state index contributed by atoms with van der Waals surface area (Å²) < 4.78 is 8.87. The quantitative estimate of drug-likeness (QED) is 0.235. The molecule has 3 nitrogen and oxygen atoms in total. The van der Waals surface area contributed by atoms with Gasteiger partial charge in [-0.05, 0) is 63.4 Å². The van der Waals surface area contributed by atoms with Crippen LogP contribution in [0, 0.1) is 0 Å². The van der Waals surface area contributed by atoms with E-state index in [9.17, 15) is 0 Å². The van der Waals surface area contributed by atoms with E-state index in [4.69, 9.17) is 9.73 Å². The van der Waals surface area contributed by atoms with Gasteiger partial charge in [-0.2, -0.15) is 0 Å². The largest absolute Gasteiger partial charge is 0.464 e. The molecule has 6 aromatic carbocycles. The highest BCUT2D eigenvalue weighted by Gasteiger charge is 2.32. The average Bonchev–Trinajstić information content (AvgIpc) is 3.61. The summed E-state index contributed by atoms with van der Waals surface area (Å²) in [6.45, 7) is 0. The molecule has 198 valence electrons. The van der Waals surface area contributed by atoms with Crippen LogP contribution >= 0.6 is 11.3 Å². The van der Waals surface area contributed by atoms with E-state index in [2.05, 4.69) is 133 Å². The highest BCUT2D eigenvalue weighted by atomic mass is 32.1. The number of nitrogens with one attached hydrogen (secondary N) is 1. The van der Waals surface area contributed by atoms with E-state index in [1.165, 1.54) is 47.6 Å². The first-order valence-electron chi connectivity index (χ1n) is 14.1. The third-order valence-corrected chi connectivity index (χ3v) is 9.52. The zero-order chi connectivity index (χ0) is 27.6. The van der Waals surface area contributed by atoms with Crippen LogP contribution in [0.5, 0.6) is 5.75 Å². The SMILES string of the molecule is C1=C(c2cccc(-c3cccc(-c4cccc5c4sc4ccccc45)c3)c2)N=C2c3cc4ccccc4cc3OC2N1. The van der Waals surface area contributed by atoms with Crippen LogP contribution < -0.4 is 10.1 Å². The molecule has 0 saturated heterocycles. The summed E-state index contributed by atoms with van der Waals surface area (Å²) >= 11 is 1.87. The Labute approximate surface area is 247 Å². The van der Waals surface area contributed by atoms with E-state index < -0.39 is 0 Å². The molecule has 0 fully saturated rings. The van der Waals surface area contributed by atoms with Crippen molar-refractivity contribution in [2.75, 3.05) is 0 Å². The topological polar surface area (TPSA) is 33.6 Å². The summed E-state index contributed by atoms with van der Waals surface area (Å²) in [5, 5.41) is 8.43. The van der Waals surface area contributed by atoms with Gasteiger partial charge in [-0.15, -0.1) is 11.3 Å². The van der Waals surface area contributed by atoms with Crippen LogP contribution in [0.4, 0.5) is 0 Å². The molecule has 0 amide bonds. The van der Waals surface area contributed by atoms with Crippen molar-refractivity contribution in [2.24, 2.45) is 4.99 Å². The lowest BCUT2D eigenvalue weighted by molar-refractivity contribution is 0.261. The van der Waals surface area contributed by atoms with Crippen molar-refractivity contribution in [1.29, 1.82) is 0 Å². The third-order valence-electron chi connectivity index (χ3n) is 8.30. The zero-order valence-corrected chi connectivity index (χ0v) is 23.4. The van der Waals surface area contributed by atoms with Crippen molar-refractivity contribution in [3.05, 3.63) is 145 Å². The van der Waals surface area contributed by atoms with Gasteiger partial charge in [0, 0.05) is 37.5 Å². The number of nitrogens with zero attached hydrogens (tertiary/aromatic N) is 1. The van der Waals surface area contributed by atoms with Gasteiger partial charge < -0.3 is 10.1 Å². The first-order chi connectivity index (χ1) is 20.8. The monoisotopic (exact) mass is 556 g/mol. The second-order valence-electron chi connectivity index (χ2n) is 10.8. The van der Waals surface area contributed by atoms with E-state index in [-0.39, 0.29) is 6.23 Å². The molecule has 2 aliphatic heterocycles. The maximum absolute atomic E-state index is 6.22.